The lowest BCUT2D eigenvalue weighted by molar-refractivity contribution is -0.121. The van der Waals surface area contributed by atoms with Gasteiger partial charge in [0.15, 0.2) is 0 Å². The Morgan fingerprint density at radius 1 is 1.43 bits per heavy atom. The van der Waals surface area contributed by atoms with Gasteiger partial charge in [-0.15, -0.1) is 11.3 Å². The summed E-state index contributed by atoms with van der Waals surface area (Å²) in [7, 11) is 0. The number of amides is 1. The fraction of sp³-hybridized carbons (Fsp3) is 0.533. The Hall–Kier alpha value is -1.69. The van der Waals surface area contributed by atoms with Crippen LogP contribution < -0.4 is 5.32 Å². The fourth-order valence-electron chi connectivity index (χ4n) is 2.25. The Kier molecular flexibility index (Phi) is 5.12. The number of hydrogen-bond acceptors (Lipinski definition) is 4. The molecule has 6 heteroatoms. The lowest BCUT2D eigenvalue weighted by Gasteiger charge is -2.14. The molecule has 0 saturated heterocycles. The highest BCUT2D eigenvalue weighted by atomic mass is 32.1. The fourth-order valence-corrected chi connectivity index (χ4v) is 3.18. The Balaban J connectivity index is 1.76. The minimum absolute atomic E-state index is 0.0700. The van der Waals surface area contributed by atoms with Crippen molar-refractivity contribution >= 4 is 17.2 Å². The predicted octanol–water partition coefficient (Wildman–Crippen LogP) is 2.57. The summed E-state index contributed by atoms with van der Waals surface area (Å²) in [5.74, 6) is 1.00. The van der Waals surface area contributed by atoms with Gasteiger partial charge < -0.3 is 9.88 Å². The molecule has 0 fully saturated rings. The van der Waals surface area contributed by atoms with E-state index in [1.165, 1.54) is 4.88 Å². The van der Waals surface area contributed by atoms with E-state index >= 15 is 0 Å². The van der Waals surface area contributed by atoms with Gasteiger partial charge in [0.2, 0.25) is 5.91 Å². The van der Waals surface area contributed by atoms with Crippen LogP contribution in [0.25, 0.3) is 0 Å². The SMILES string of the molecule is Cc1nc(CCNC(=O)C[C@@H](C)n2ccnc2C)sc1C. The molecule has 0 aliphatic heterocycles. The van der Waals surface area contributed by atoms with Crippen LogP contribution in [0.15, 0.2) is 12.4 Å². The second-order valence-electron chi connectivity index (χ2n) is 5.28. The van der Waals surface area contributed by atoms with Gasteiger partial charge >= 0.3 is 0 Å². The Morgan fingerprint density at radius 2 is 2.19 bits per heavy atom. The molecule has 0 aromatic carbocycles. The van der Waals surface area contributed by atoms with E-state index in [2.05, 4.69) is 22.2 Å². The van der Waals surface area contributed by atoms with E-state index in [4.69, 9.17) is 0 Å². The third-order valence-corrected chi connectivity index (χ3v) is 4.68. The first-order valence-corrected chi connectivity index (χ1v) is 7.98. The Morgan fingerprint density at radius 3 is 2.76 bits per heavy atom. The van der Waals surface area contributed by atoms with Crippen LogP contribution in [0.4, 0.5) is 0 Å². The monoisotopic (exact) mass is 306 g/mol. The van der Waals surface area contributed by atoms with Crippen LogP contribution in [0.3, 0.4) is 0 Å². The van der Waals surface area contributed by atoms with Crippen molar-refractivity contribution in [2.24, 2.45) is 0 Å². The maximum absolute atomic E-state index is 12.0. The molecule has 5 nitrogen and oxygen atoms in total. The summed E-state index contributed by atoms with van der Waals surface area (Å²) < 4.78 is 2.02. The van der Waals surface area contributed by atoms with Crippen LogP contribution in [0, 0.1) is 20.8 Å². The van der Waals surface area contributed by atoms with E-state index < -0.39 is 0 Å². The van der Waals surface area contributed by atoms with Crippen LogP contribution in [0.5, 0.6) is 0 Å². The molecule has 0 radical (unpaired) electrons. The molecule has 2 aromatic heterocycles. The molecular weight excluding hydrogens is 284 g/mol. The highest BCUT2D eigenvalue weighted by molar-refractivity contribution is 7.11. The molecule has 114 valence electrons. The zero-order chi connectivity index (χ0) is 15.4. The second-order valence-corrected chi connectivity index (χ2v) is 6.57. The Labute approximate surface area is 129 Å². The molecule has 21 heavy (non-hydrogen) atoms. The summed E-state index contributed by atoms with van der Waals surface area (Å²) >= 11 is 1.71. The zero-order valence-corrected chi connectivity index (χ0v) is 13.8. The average Bonchev–Trinajstić information content (AvgIpc) is 2.96. The number of thiazole rings is 1. The highest BCUT2D eigenvalue weighted by Gasteiger charge is 2.12. The summed E-state index contributed by atoms with van der Waals surface area (Å²) in [6, 6.07) is 0.122. The molecule has 0 spiro atoms. The summed E-state index contributed by atoms with van der Waals surface area (Å²) in [6.45, 7) is 8.71. The molecule has 1 atom stereocenters. The van der Waals surface area contributed by atoms with Gasteiger partial charge in [0, 0.05) is 42.7 Å². The first kappa shape index (κ1) is 15.7. The molecule has 0 bridgehead atoms. The summed E-state index contributed by atoms with van der Waals surface area (Å²) in [5, 5.41) is 4.05. The van der Waals surface area contributed by atoms with E-state index in [1.54, 1.807) is 17.5 Å². The number of nitrogens with one attached hydrogen (secondary N) is 1. The third-order valence-electron chi connectivity index (χ3n) is 3.55. The average molecular weight is 306 g/mol. The number of hydrogen-bond donors (Lipinski definition) is 1. The number of carbonyl (C=O) groups excluding carboxylic acids is 1. The van der Waals surface area contributed by atoms with Crippen LogP contribution in [-0.4, -0.2) is 27.0 Å². The van der Waals surface area contributed by atoms with Crippen molar-refractivity contribution < 1.29 is 4.79 Å². The number of rotatable bonds is 6. The topological polar surface area (TPSA) is 59.8 Å². The summed E-state index contributed by atoms with van der Waals surface area (Å²) in [6.07, 6.45) is 4.93. The quantitative estimate of drug-likeness (QED) is 0.892. The third kappa shape index (κ3) is 4.14. The molecular formula is C15H22N4OS. The number of nitrogens with zero attached hydrogens (tertiary/aromatic N) is 3. The lowest BCUT2D eigenvalue weighted by atomic mass is 10.2. The van der Waals surface area contributed by atoms with Gasteiger partial charge in [-0.3, -0.25) is 4.79 Å². The molecule has 2 rings (SSSR count). The van der Waals surface area contributed by atoms with Crippen LogP contribution in [0.1, 0.15) is 40.8 Å². The number of aryl methyl sites for hydroxylation is 3. The van der Waals surface area contributed by atoms with Gasteiger partial charge in [0.05, 0.1) is 10.7 Å². The smallest absolute Gasteiger partial charge is 0.222 e. The molecule has 0 aliphatic carbocycles. The van der Waals surface area contributed by atoms with Gasteiger partial charge in [0.25, 0.3) is 0 Å². The first-order valence-electron chi connectivity index (χ1n) is 7.16. The van der Waals surface area contributed by atoms with Crippen molar-refractivity contribution in [2.45, 2.75) is 46.6 Å². The van der Waals surface area contributed by atoms with Gasteiger partial charge in [-0.05, 0) is 27.7 Å². The molecule has 1 N–H and O–H groups in total. The van der Waals surface area contributed by atoms with Gasteiger partial charge in [-0.1, -0.05) is 0 Å². The summed E-state index contributed by atoms with van der Waals surface area (Å²) in [5.41, 5.74) is 1.09. The largest absolute Gasteiger partial charge is 0.356 e. The Bertz CT molecular complexity index is 597. The molecule has 1 amide bonds. The van der Waals surface area contributed by atoms with Crippen LogP contribution in [-0.2, 0) is 11.2 Å². The highest BCUT2D eigenvalue weighted by Crippen LogP contribution is 2.16. The van der Waals surface area contributed by atoms with E-state index in [1.807, 2.05) is 31.5 Å². The minimum Gasteiger partial charge on any atom is -0.356 e. The van der Waals surface area contributed by atoms with Crippen molar-refractivity contribution in [2.75, 3.05) is 6.54 Å². The van der Waals surface area contributed by atoms with E-state index in [0.29, 0.717) is 13.0 Å². The molecule has 0 saturated carbocycles. The maximum atomic E-state index is 12.0. The van der Waals surface area contributed by atoms with Gasteiger partial charge in [-0.25, -0.2) is 9.97 Å². The van der Waals surface area contributed by atoms with Crippen molar-refractivity contribution in [3.63, 3.8) is 0 Å². The molecule has 0 aliphatic rings. The normalized spacial score (nSPS) is 12.4. The van der Waals surface area contributed by atoms with Gasteiger partial charge in [0.1, 0.15) is 5.82 Å². The van der Waals surface area contributed by atoms with Crippen molar-refractivity contribution in [1.29, 1.82) is 0 Å². The molecule has 0 unspecified atom stereocenters. The van der Waals surface area contributed by atoms with E-state index in [9.17, 15) is 4.79 Å². The van der Waals surface area contributed by atoms with Crippen LogP contribution >= 0.6 is 11.3 Å². The van der Waals surface area contributed by atoms with Crippen molar-refractivity contribution in [3.8, 4) is 0 Å². The van der Waals surface area contributed by atoms with Gasteiger partial charge in [-0.2, -0.15) is 0 Å². The predicted molar refractivity (Wildman–Crippen MR) is 84.6 cm³/mol. The standard InChI is InChI=1S/C15H22N4OS/c1-10(19-8-7-16-13(19)4)9-14(20)17-6-5-15-18-11(2)12(3)21-15/h7-8,10H,5-6,9H2,1-4H3,(H,17,20)/t10-/m1/s1. The first-order chi connectivity index (χ1) is 9.97. The van der Waals surface area contributed by atoms with Crippen molar-refractivity contribution in [1.82, 2.24) is 19.9 Å². The maximum Gasteiger partial charge on any atom is 0.222 e. The van der Waals surface area contributed by atoms with E-state index in [-0.39, 0.29) is 11.9 Å². The number of aromatic nitrogens is 3. The number of imidazole rings is 1. The number of carbonyl (C=O) groups is 1. The molecule has 2 heterocycles. The lowest BCUT2D eigenvalue weighted by Crippen LogP contribution is -2.27. The van der Waals surface area contributed by atoms with Crippen molar-refractivity contribution in [3.05, 3.63) is 33.8 Å². The van der Waals surface area contributed by atoms with Crippen LogP contribution in [0.2, 0.25) is 0 Å². The zero-order valence-electron chi connectivity index (χ0n) is 13.0. The van der Waals surface area contributed by atoms with E-state index in [0.717, 1.165) is 22.9 Å². The molecule has 2 aromatic rings. The minimum atomic E-state index is 0.0700. The second kappa shape index (κ2) is 6.85. The summed E-state index contributed by atoms with van der Waals surface area (Å²) in [4.78, 5) is 21.9.